The molecule has 1 N–H and O–H groups in total. The maximum Gasteiger partial charge on any atom is 0.270 e. The van der Waals surface area contributed by atoms with E-state index in [-0.39, 0.29) is 5.69 Å². The van der Waals surface area contributed by atoms with Gasteiger partial charge in [-0.25, -0.2) is 4.98 Å². The first-order valence-electron chi connectivity index (χ1n) is 8.86. The lowest BCUT2D eigenvalue weighted by Gasteiger charge is -2.08. The van der Waals surface area contributed by atoms with Crippen LogP contribution in [0.2, 0.25) is 0 Å². The van der Waals surface area contributed by atoms with E-state index < -0.39 is 4.92 Å². The highest BCUT2D eigenvalue weighted by Crippen LogP contribution is 2.26. The fourth-order valence-electron chi connectivity index (χ4n) is 3.20. The van der Waals surface area contributed by atoms with E-state index in [1.807, 2.05) is 43.6 Å². The highest BCUT2D eigenvalue weighted by Gasteiger charge is 2.13. The minimum Gasteiger partial charge on any atom is -0.366 e. The molecule has 0 saturated heterocycles. The summed E-state index contributed by atoms with van der Waals surface area (Å²) in [6.07, 6.45) is 1.94. The second kappa shape index (κ2) is 7.40. The number of fused-ring (bicyclic) bond motifs is 1. The molecule has 4 aromatic rings. The van der Waals surface area contributed by atoms with E-state index in [9.17, 15) is 15.4 Å². The van der Waals surface area contributed by atoms with Crippen molar-refractivity contribution in [1.82, 2.24) is 14.8 Å². The van der Waals surface area contributed by atoms with Crippen LogP contribution in [0.1, 0.15) is 11.1 Å². The number of nitro groups is 1. The first-order chi connectivity index (χ1) is 14.0. The number of anilines is 1. The molecule has 142 valence electrons. The van der Waals surface area contributed by atoms with Crippen LogP contribution in [0.25, 0.3) is 22.2 Å². The number of hydrogen-bond donors (Lipinski definition) is 1. The Morgan fingerprint density at radius 3 is 2.72 bits per heavy atom. The number of hydrogen-bond acceptors (Lipinski definition) is 6. The first-order valence-corrected chi connectivity index (χ1v) is 8.86. The number of nitrogens with one attached hydrogen (secondary N) is 1. The van der Waals surface area contributed by atoms with Crippen molar-refractivity contribution in [2.45, 2.75) is 6.54 Å². The Labute approximate surface area is 166 Å². The summed E-state index contributed by atoms with van der Waals surface area (Å²) in [6.45, 7) is 0.467. The van der Waals surface area contributed by atoms with E-state index in [1.54, 1.807) is 16.8 Å². The van der Waals surface area contributed by atoms with Gasteiger partial charge in [0.1, 0.15) is 5.82 Å². The van der Waals surface area contributed by atoms with Crippen molar-refractivity contribution >= 4 is 22.4 Å². The predicted octanol–water partition coefficient (Wildman–Crippen LogP) is 4.03. The van der Waals surface area contributed by atoms with E-state index >= 15 is 0 Å². The van der Waals surface area contributed by atoms with Gasteiger partial charge in [-0.1, -0.05) is 30.3 Å². The first kappa shape index (κ1) is 18.1. The Bertz CT molecular complexity index is 1260. The third kappa shape index (κ3) is 3.61. The highest BCUT2D eigenvalue weighted by atomic mass is 16.6. The maximum absolute atomic E-state index is 11.0. The molecule has 4 rings (SSSR count). The Morgan fingerprint density at radius 2 is 2.00 bits per heavy atom. The third-order valence-electron chi connectivity index (χ3n) is 4.54. The molecule has 2 aromatic carbocycles. The van der Waals surface area contributed by atoms with Gasteiger partial charge in [0.15, 0.2) is 0 Å². The Hall–Kier alpha value is -4.25. The smallest absolute Gasteiger partial charge is 0.270 e. The van der Waals surface area contributed by atoms with Gasteiger partial charge in [-0.2, -0.15) is 10.4 Å². The molecule has 0 bridgehead atoms. The summed E-state index contributed by atoms with van der Waals surface area (Å²) in [5.74, 6) is 0.519. The summed E-state index contributed by atoms with van der Waals surface area (Å²) in [6, 6.07) is 17.9. The molecule has 2 heterocycles. The zero-order chi connectivity index (χ0) is 20.4. The normalized spacial score (nSPS) is 10.6. The Morgan fingerprint density at radius 1 is 1.21 bits per heavy atom. The van der Waals surface area contributed by atoms with E-state index in [1.165, 1.54) is 12.1 Å². The predicted molar refractivity (Wildman–Crippen MR) is 109 cm³/mol. The summed E-state index contributed by atoms with van der Waals surface area (Å²) >= 11 is 0. The summed E-state index contributed by atoms with van der Waals surface area (Å²) in [5, 5.41) is 28.7. The van der Waals surface area contributed by atoms with Crippen molar-refractivity contribution in [1.29, 1.82) is 5.26 Å². The van der Waals surface area contributed by atoms with E-state index in [2.05, 4.69) is 21.5 Å². The number of aromatic nitrogens is 3. The fourth-order valence-corrected chi connectivity index (χ4v) is 3.20. The standard InChI is InChI=1S/C21H16N6O2/c1-26-13-16(21(25-26)14-5-3-2-4-6-14)12-23-20-9-15(11-22)18-10-17(27(28)29)7-8-19(18)24-20/h2-10,13H,12H2,1H3,(H,23,24). The Kier molecular flexibility index (Phi) is 4.63. The molecule has 8 nitrogen and oxygen atoms in total. The minimum absolute atomic E-state index is 0.0700. The van der Waals surface area contributed by atoms with Crippen LogP contribution in [-0.2, 0) is 13.6 Å². The molecule has 2 aromatic heterocycles. The van der Waals surface area contributed by atoms with Crippen LogP contribution in [-0.4, -0.2) is 19.7 Å². The van der Waals surface area contributed by atoms with Gasteiger partial charge in [-0.15, -0.1) is 0 Å². The molecule has 0 amide bonds. The van der Waals surface area contributed by atoms with Crippen LogP contribution in [0.4, 0.5) is 11.5 Å². The van der Waals surface area contributed by atoms with Crippen LogP contribution in [0.3, 0.4) is 0 Å². The average molecular weight is 384 g/mol. The number of rotatable bonds is 5. The monoisotopic (exact) mass is 384 g/mol. The van der Waals surface area contributed by atoms with E-state index in [0.29, 0.717) is 28.8 Å². The molecular formula is C21H16N6O2. The second-order valence-electron chi connectivity index (χ2n) is 6.52. The molecule has 0 atom stereocenters. The zero-order valence-corrected chi connectivity index (χ0v) is 15.5. The number of benzene rings is 2. The number of non-ortho nitro benzene ring substituents is 1. The van der Waals surface area contributed by atoms with Gasteiger partial charge in [0, 0.05) is 48.4 Å². The molecule has 0 aliphatic heterocycles. The van der Waals surface area contributed by atoms with Crippen LogP contribution in [0, 0.1) is 21.4 Å². The molecule has 0 radical (unpaired) electrons. The van der Waals surface area contributed by atoms with E-state index in [0.717, 1.165) is 16.8 Å². The number of aryl methyl sites for hydroxylation is 1. The average Bonchev–Trinajstić information content (AvgIpc) is 3.12. The van der Waals surface area contributed by atoms with Gasteiger partial charge >= 0.3 is 0 Å². The number of pyridine rings is 1. The molecule has 0 fully saturated rings. The zero-order valence-electron chi connectivity index (χ0n) is 15.5. The largest absolute Gasteiger partial charge is 0.366 e. The summed E-state index contributed by atoms with van der Waals surface area (Å²) in [5.41, 5.74) is 3.66. The lowest BCUT2D eigenvalue weighted by Crippen LogP contribution is -2.03. The summed E-state index contributed by atoms with van der Waals surface area (Å²) in [4.78, 5) is 15.0. The van der Waals surface area contributed by atoms with Crippen LogP contribution in [0.5, 0.6) is 0 Å². The van der Waals surface area contributed by atoms with Crippen molar-refractivity contribution in [3.8, 4) is 17.3 Å². The van der Waals surface area contributed by atoms with E-state index in [4.69, 9.17) is 0 Å². The molecule has 0 unspecified atom stereocenters. The summed E-state index contributed by atoms with van der Waals surface area (Å²) < 4.78 is 1.76. The minimum atomic E-state index is -0.486. The van der Waals surface area contributed by atoms with Gasteiger partial charge in [-0.3, -0.25) is 14.8 Å². The second-order valence-corrected chi connectivity index (χ2v) is 6.52. The van der Waals surface area contributed by atoms with Gasteiger partial charge < -0.3 is 5.32 Å². The van der Waals surface area contributed by atoms with Crippen molar-refractivity contribution in [3.63, 3.8) is 0 Å². The van der Waals surface area contributed by atoms with Crippen molar-refractivity contribution in [3.05, 3.63) is 82.0 Å². The maximum atomic E-state index is 11.0. The summed E-state index contributed by atoms with van der Waals surface area (Å²) in [7, 11) is 1.87. The van der Waals surface area contributed by atoms with Gasteiger partial charge in [0.2, 0.25) is 0 Å². The number of nitrogens with zero attached hydrogens (tertiary/aromatic N) is 5. The molecule has 0 saturated carbocycles. The molecule has 29 heavy (non-hydrogen) atoms. The molecule has 0 spiro atoms. The van der Waals surface area contributed by atoms with Gasteiger partial charge in [0.05, 0.1) is 27.8 Å². The third-order valence-corrected chi connectivity index (χ3v) is 4.54. The molecular weight excluding hydrogens is 368 g/mol. The quantitative estimate of drug-likeness (QED) is 0.411. The molecule has 0 aliphatic rings. The van der Waals surface area contributed by atoms with Crippen LogP contribution < -0.4 is 5.32 Å². The Balaban J connectivity index is 1.65. The SMILES string of the molecule is Cn1cc(CNc2cc(C#N)c3cc([N+](=O)[O-])ccc3n2)c(-c2ccccc2)n1. The topological polar surface area (TPSA) is 110 Å². The highest BCUT2D eigenvalue weighted by molar-refractivity contribution is 5.88. The van der Waals surface area contributed by atoms with Crippen molar-refractivity contribution in [2.75, 3.05) is 5.32 Å². The molecule has 8 heteroatoms. The number of nitriles is 1. The van der Waals surface area contributed by atoms with Crippen molar-refractivity contribution in [2.24, 2.45) is 7.05 Å². The van der Waals surface area contributed by atoms with Crippen molar-refractivity contribution < 1.29 is 4.92 Å². The van der Waals surface area contributed by atoms with Gasteiger partial charge in [0.25, 0.3) is 5.69 Å². The van der Waals surface area contributed by atoms with Gasteiger partial charge in [-0.05, 0) is 12.1 Å². The lowest BCUT2D eigenvalue weighted by atomic mass is 10.1. The number of nitro benzene ring substituents is 1. The fraction of sp³-hybridized carbons (Fsp3) is 0.0952. The lowest BCUT2D eigenvalue weighted by molar-refractivity contribution is -0.384. The van der Waals surface area contributed by atoms with Crippen LogP contribution >= 0.6 is 0 Å². The molecule has 0 aliphatic carbocycles. The van der Waals surface area contributed by atoms with Crippen LogP contribution in [0.15, 0.2) is 60.8 Å².